The van der Waals surface area contributed by atoms with Gasteiger partial charge >= 0.3 is 186 Å². The number of amides is 2. The fourth-order valence-corrected chi connectivity index (χ4v) is 4.51. The van der Waals surface area contributed by atoms with E-state index in [0.29, 0.717) is 19.4 Å². The summed E-state index contributed by atoms with van der Waals surface area (Å²) in [4.78, 5) is 28.0. The predicted octanol–water partition coefficient (Wildman–Crippen LogP) is 2.78. The van der Waals surface area contributed by atoms with Crippen LogP contribution in [0.25, 0.3) is 0 Å². The van der Waals surface area contributed by atoms with Crippen LogP contribution >= 0.6 is 0 Å². The van der Waals surface area contributed by atoms with Crippen molar-refractivity contribution in [2.75, 3.05) is 13.0 Å². The molecule has 8 nitrogen and oxygen atoms in total. The molecule has 0 radical (unpaired) electrons. The third-order valence-electron chi connectivity index (χ3n) is 6.46. The van der Waals surface area contributed by atoms with Crippen LogP contribution in [0.1, 0.15) is 22.3 Å². The second-order valence-corrected chi connectivity index (χ2v) is 9.03. The number of nitrogens with zero attached hydrogens (tertiary/aromatic N) is 1. The number of nitrogens with one attached hydrogen (secondary N) is 2. The molecule has 0 spiro atoms. The van der Waals surface area contributed by atoms with Crippen molar-refractivity contribution < 1.29 is 24.1 Å². The summed E-state index contributed by atoms with van der Waals surface area (Å²) in [6, 6.07) is 23.1. The van der Waals surface area contributed by atoms with Crippen molar-refractivity contribution >= 4 is 19.2 Å². The first-order chi connectivity index (χ1) is 18.0. The Morgan fingerprint density at radius 2 is 1.68 bits per heavy atom. The molecule has 0 saturated carbocycles. The van der Waals surface area contributed by atoms with Crippen LogP contribution in [-0.2, 0) is 40.2 Å². The zero-order valence-corrected chi connectivity index (χ0v) is 20.5. The minimum atomic E-state index is -0.646. The fourth-order valence-electron chi connectivity index (χ4n) is 4.51. The maximum atomic E-state index is 13.8. The molecule has 3 aromatic rings. The molecular formula is C28H30BN3O5. The van der Waals surface area contributed by atoms with Crippen molar-refractivity contribution in [1.82, 2.24) is 15.5 Å². The van der Waals surface area contributed by atoms with Crippen LogP contribution in [0.2, 0.25) is 0 Å². The predicted molar refractivity (Wildman–Crippen MR) is 139 cm³/mol. The molecule has 9 heteroatoms. The van der Waals surface area contributed by atoms with E-state index in [2.05, 4.69) is 10.6 Å². The molecule has 2 atom stereocenters. The van der Waals surface area contributed by atoms with E-state index in [1.54, 1.807) is 29.2 Å². The monoisotopic (exact) mass is 499 g/mol. The first-order valence-electron chi connectivity index (χ1n) is 12.3. The molecule has 0 saturated heterocycles. The zero-order chi connectivity index (χ0) is 26.0. The Labute approximate surface area is 216 Å². The Morgan fingerprint density at radius 1 is 0.973 bits per heavy atom. The van der Waals surface area contributed by atoms with Gasteiger partial charge in [0.25, 0.3) is 0 Å². The second kappa shape index (κ2) is 12.8. The van der Waals surface area contributed by atoms with Gasteiger partial charge in [-0.3, -0.25) is 0 Å². The van der Waals surface area contributed by atoms with Crippen LogP contribution in [0.4, 0.5) is 4.79 Å². The molecule has 37 heavy (non-hydrogen) atoms. The summed E-state index contributed by atoms with van der Waals surface area (Å²) < 4.78 is 16.4. The molecule has 0 aromatic heterocycles. The summed E-state index contributed by atoms with van der Waals surface area (Å²) in [5.41, 5.74) is 3.93. The number of rotatable bonds is 10. The van der Waals surface area contributed by atoms with Crippen molar-refractivity contribution in [2.24, 2.45) is 0 Å². The summed E-state index contributed by atoms with van der Waals surface area (Å²) in [6.07, 6.45) is 0.424. The van der Waals surface area contributed by atoms with E-state index in [0.717, 1.165) is 29.4 Å². The zero-order valence-electron chi connectivity index (χ0n) is 20.5. The van der Waals surface area contributed by atoms with Crippen LogP contribution < -0.4 is 10.6 Å². The topological polar surface area (TPSA) is 108 Å². The number of benzene rings is 3. The van der Waals surface area contributed by atoms with Gasteiger partial charge in [-0.2, -0.15) is 0 Å². The van der Waals surface area contributed by atoms with Crippen molar-refractivity contribution in [3.63, 3.8) is 0 Å². The van der Waals surface area contributed by atoms with Gasteiger partial charge in [0.15, 0.2) is 0 Å². The summed E-state index contributed by atoms with van der Waals surface area (Å²) in [7, 11) is 0.727. The average Bonchev–Trinajstić information content (AvgIpc) is 2.93. The number of fused-ring (bicyclic) bond motifs is 1. The molecule has 1 unspecified atom stereocenters. The van der Waals surface area contributed by atoms with Gasteiger partial charge in [0.1, 0.15) is 0 Å². The molecule has 2 amide bonds. The van der Waals surface area contributed by atoms with Gasteiger partial charge in [-0.25, -0.2) is 0 Å². The second-order valence-electron chi connectivity index (χ2n) is 9.03. The Bertz CT molecular complexity index is 1210. The van der Waals surface area contributed by atoms with E-state index in [1.807, 2.05) is 54.6 Å². The molecule has 1 aliphatic rings. The van der Waals surface area contributed by atoms with E-state index in [4.69, 9.17) is 4.74 Å². The number of ether oxygens (including phenoxy) is 1. The Balaban J connectivity index is 1.47. The quantitative estimate of drug-likeness (QED) is 0.371. The van der Waals surface area contributed by atoms with E-state index in [-0.39, 0.29) is 37.3 Å². The SMILES string of the molecule is O=BCNC(Cc1ccc(O)cc1)C(=O)N1Cc2ccccc2C[C@H]1CNC(=O)OCc1ccccc1. The Kier molecular flexibility index (Phi) is 9.05. The number of hydrogen-bond acceptors (Lipinski definition) is 6. The number of phenolic OH excluding ortho intramolecular Hbond substituents is 1. The van der Waals surface area contributed by atoms with E-state index in [9.17, 15) is 19.4 Å². The van der Waals surface area contributed by atoms with E-state index in [1.165, 1.54) is 0 Å². The van der Waals surface area contributed by atoms with E-state index < -0.39 is 12.1 Å². The molecular weight excluding hydrogens is 469 g/mol. The number of carbonyl (C=O) groups is 2. The Morgan fingerprint density at radius 3 is 2.41 bits per heavy atom. The Hall–Kier alpha value is -3.98. The number of phenols is 1. The standard InChI is InChI=1S/C28H30BN3O5/c33-25-12-10-20(11-13-25)14-26(31-19-29-36)27(34)32-17-23-9-5-4-8-22(23)15-24(32)16-30-28(35)37-18-21-6-2-1-3-7-21/h1-13,24,26,31,33H,14-19H2,(H,30,35)/t24-,26?/m0/s1. The average molecular weight is 499 g/mol. The molecule has 0 fully saturated rings. The molecule has 190 valence electrons. The van der Waals surface area contributed by atoms with Crippen LogP contribution in [0.15, 0.2) is 78.9 Å². The summed E-state index contributed by atoms with van der Waals surface area (Å²) in [6.45, 7) is 0.787. The van der Waals surface area contributed by atoms with Gasteiger partial charge in [-0.15, -0.1) is 0 Å². The number of alkyl carbamates (subject to hydrolysis) is 1. The summed E-state index contributed by atoms with van der Waals surface area (Å²) in [5.74, 6) is -0.0146. The number of carbonyl (C=O) groups excluding carboxylic acids is 2. The minimum absolute atomic E-state index is 0.0354. The molecule has 0 bridgehead atoms. The fraction of sp³-hybridized carbons (Fsp3) is 0.286. The first-order valence-corrected chi connectivity index (χ1v) is 12.3. The van der Waals surface area contributed by atoms with Gasteiger partial charge in [0.05, 0.1) is 0 Å². The molecule has 4 rings (SSSR count). The molecule has 3 aromatic carbocycles. The third kappa shape index (κ3) is 7.27. The van der Waals surface area contributed by atoms with Crippen LogP contribution in [0.3, 0.4) is 0 Å². The van der Waals surface area contributed by atoms with Crippen molar-refractivity contribution in [3.05, 3.63) is 101 Å². The van der Waals surface area contributed by atoms with Gasteiger partial charge in [0, 0.05) is 0 Å². The van der Waals surface area contributed by atoms with Crippen LogP contribution in [0, 0.1) is 0 Å². The summed E-state index contributed by atoms with van der Waals surface area (Å²) in [5, 5.41) is 15.5. The maximum absolute atomic E-state index is 13.8. The molecule has 1 aliphatic heterocycles. The van der Waals surface area contributed by atoms with Gasteiger partial charge in [-0.1, -0.05) is 30.3 Å². The molecule has 0 aliphatic carbocycles. The normalized spacial score (nSPS) is 15.2. The number of aromatic hydroxyl groups is 1. The van der Waals surface area contributed by atoms with Gasteiger partial charge in [0.2, 0.25) is 0 Å². The van der Waals surface area contributed by atoms with Crippen molar-refractivity contribution in [1.29, 1.82) is 0 Å². The van der Waals surface area contributed by atoms with Gasteiger partial charge in [-0.05, 0) is 0 Å². The van der Waals surface area contributed by atoms with Crippen LogP contribution in [0.5, 0.6) is 5.75 Å². The smallest absolute Gasteiger partial charge is 0.0622 e. The molecule has 3 N–H and O–H groups in total. The van der Waals surface area contributed by atoms with E-state index >= 15 is 0 Å². The minimum Gasteiger partial charge on any atom is -0.0622 e. The third-order valence-corrected chi connectivity index (χ3v) is 6.46. The van der Waals surface area contributed by atoms with Gasteiger partial charge < -0.3 is 0 Å². The molecule has 1 heterocycles. The van der Waals surface area contributed by atoms with Crippen molar-refractivity contribution in [3.8, 4) is 5.75 Å². The summed E-state index contributed by atoms with van der Waals surface area (Å²) >= 11 is 0. The van der Waals surface area contributed by atoms with Crippen LogP contribution in [-0.4, -0.2) is 54.2 Å². The van der Waals surface area contributed by atoms with Crippen molar-refractivity contribution in [2.45, 2.75) is 38.1 Å². The number of hydrogen-bond donors (Lipinski definition) is 3. The first kappa shape index (κ1) is 26.1.